The Hall–Kier alpha value is -1.06. The van der Waals surface area contributed by atoms with Gasteiger partial charge in [-0.2, -0.15) is 0 Å². The summed E-state index contributed by atoms with van der Waals surface area (Å²) in [6.07, 6.45) is 9.87. The van der Waals surface area contributed by atoms with Gasteiger partial charge in [-0.1, -0.05) is 24.6 Å². The highest BCUT2D eigenvalue weighted by Gasteiger charge is 2.46. The second-order valence-corrected chi connectivity index (χ2v) is 8.56. The lowest BCUT2D eigenvalue weighted by molar-refractivity contribution is -0.0469. The van der Waals surface area contributed by atoms with E-state index in [0.29, 0.717) is 11.5 Å². The summed E-state index contributed by atoms with van der Waals surface area (Å²) in [7, 11) is 1.93. The molecule has 4 rings (SSSR count). The fraction of sp³-hybridized carbons (Fsp3) is 0.727. The molecule has 0 unspecified atom stereocenters. The van der Waals surface area contributed by atoms with Crippen molar-refractivity contribution in [3.8, 4) is 0 Å². The Bertz CT molecular complexity index is 581. The number of anilines is 1. The van der Waals surface area contributed by atoms with Crippen LogP contribution >= 0.6 is 0 Å². The number of piperidine rings is 2. The van der Waals surface area contributed by atoms with Crippen LogP contribution in [-0.2, 0) is 4.74 Å². The van der Waals surface area contributed by atoms with Crippen molar-refractivity contribution >= 4 is 5.69 Å². The van der Waals surface area contributed by atoms with Gasteiger partial charge in [-0.05, 0) is 63.6 Å². The third-order valence-electron chi connectivity index (χ3n) is 7.18. The van der Waals surface area contributed by atoms with Crippen LogP contribution in [0.2, 0.25) is 0 Å². The first kappa shape index (κ1) is 17.4. The Morgan fingerprint density at radius 1 is 1.00 bits per heavy atom. The van der Waals surface area contributed by atoms with Crippen molar-refractivity contribution in [2.75, 3.05) is 38.2 Å². The SMILES string of the molecule is CO[C@@H]1CCC[C@]12CCCN(C1CCN(c3ccccc3C)CC1)C2. The lowest BCUT2D eigenvalue weighted by atomic mass is 9.76. The molecule has 1 spiro atoms. The summed E-state index contributed by atoms with van der Waals surface area (Å²) in [6.45, 7) is 7.22. The van der Waals surface area contributed by atoms with E-state index in [1.165, 1.54) is 82.4 Å². The highest BCUT2D eigenvalue weighted by Crippen LogP contribution is 2.47. The monoisotopic (exact) mass is 342 g/mol. The zero-order valence-electron chi connectivity index (χ0n) is 16.0. The topological polar surface area (TPSA) is 15.7 Å². The highest BCUT2D eigenvalue weighted by molar-refractivity contribution is 5.53. The van der Waals surface area contributed by atoms with Crippen molar-refractivity contribution < 1.29 is 4.74 Å². The summed E-state index contributed by atoms with van der Waals surface area (Å²) >= 11 is 0. The predicted molar refractivity (Wildman–Crippen MR) is 104 cm³/mol. The molecule has 0 amide bonds. The van der Waals surface area contributed by atoms with Crippen molar-refractivity contribution in [2.45, 2.75) is 64.0 Å². The molecule has 0 aromatic heterocycles. The summed E-state index contributed by atoms with van der Waals surface area (Å²) in [5.74, 6) is 0. The van der Waals surface area contributed by atoms with Crippen LogP contribution in [0.1, 0.15) is 50.5 Å². The van der Waals surface area contributed by atoms with Crippen molar-refractivity contribution in [3.05, 3.63) is 29.8 Å². The van der Waals surface area contributed by atoms with Gasteiger partial charge >= 0.3 is 0 Å². The van der Waals surface area contributed by atoms with Crippen LogP contribution in [0.15, 0.2) is 24.3 Å². The van der Waals surface area contributed by atoms with Crippen molar-refractivity contribution in [1.29, 1.82) is 0 Å². The van der Waals surface area contributed by atoms with Crippen LogP contribution < -0.4 is 4.90 Å². The van der Waals surface area contributed by atoms with Gasteiger partial charge < -0.3 is 9.64 Å². The lowest BCUT2D eigenvalue weighted by Crippen LogP contribution is -2.53. The fourth-order valence-corrected chi connectivity index (χ4v) is 5.84. The summed E-state index contributed by atoms with van der Waals surface area (Å²) in [5, 5.41) is 0. The van der Waals surface area contributed by atoms with Gasteiger partial charge in [0.2, 0.25) is 0 Å². The van der Waals surface area contributed by atoms with Gasteiger partial charge in [0, 0.05) is 43.9 Å². The van der Waals surface area contributed by atoms with E-state index in [0.717, 1.165) is 6.04 Å². The van der Waals surface area contributed by atoms with E-state index in [1.54, 1.807) is 0 Å². The van der Waals surface area contributed by atoms with Crippen LogP contribution in [0.5, 0.6) is 0 Å². The molecular weight excluding hydrogens is 308 g/mol. The average molecular weight is 343 g/mol. The number of hydrogen-bond donors (Lipinski definition) is 0. The third-order valence-corrected chi connectivity index (χ3v) is 7.18. The summed E-state index contributed by atoms with van der Waals surface area (Å²) < 4.78 is 5.89. The summed E-state index contributed by atoms with van der Waals surface area (Å²) in [5.41, 5.74) is 3.30. The maximum atomic E-state index is 5.89. The lowest BCUT2D eigenvalue weighted by Gasteiger charge is -2.48. The quantitative estimate of drug-likeness (QED) is 0.817. The molecule has 25 heavy (non-hydrogen) atoms. The number of rotatable bonds is 3. The van der Waals surface area contributed by atoms with Gasteiger partial charge in [0.05, 0.1) is 6.10 Å². The van der Waals surface area contributed by atoms with Crippen molar-refractivity contribution in [1.82, 2.24) is 4.90 Å². The molecule has 2 atom stereocenters. The van der Waals surface area contributed by atoms with Gasteiger partial charge in [0.25, 0.3) is 0 Å². The number of likely N-dealkylation sites (tertiary alicyclic amines) is 1. The van der Waals surface area contributed by atoms with Crippen LogP contribution in [0.3, 0.4) is 0 Å². The Kier molecular flexibility index (Phi) is 5.06. The van der Waals surface area contributed by atoms with Crippen molar-refractivity contribution in [3.63, 3.8) is 0 Å². The van der Waals surface area contributed by atoms with Gasteiger partial charge in [0.1, 0.15) is 0 Å². The molecule has 0 radical (unpaired) electrons. The molecule has 3 fully saturated rings. The normalized spacial score (nSPS) is 31.8. The number of ether oxygens (including phenoxy) is 1. The molecule has 3 aliphatic rings. The van der Waals surface area contributed by atoms with E-state index in [2.05, 4.69) is 41.0 Å². The number of hydrogen-bond acceptors (Lipinski definition) is 3. The first-order valence-corrected chi connectivity index (χ1v) is 10.3. The second-order valence-electron chi connectivity index (χ2n) is 8.56. The molecule has 1 aromatic carbocycles. The van der Waals surface area contributed by atoms with E-state index < -0.39 is 0 Å². The van der Waals surface area contributed by atoms with Gasteiger partial charge in [-0.15, -0.1) is 0 Å². The zero-order chi connectivity index (χ0) is 17.3. The second kappa shape index (κ2) is 7.28. The van der Waals surface area contributed by atoms with Gasteiger partial charge in [0.15, 0.2) is 0 Å². The number of methoxy groups -OCH3 is 1. The summed E-state index contributed by atoms with van der Waals surface area (Å²) in [6, 6.07) is 9.62. The maximum Gasteiger partial charge on any atom is 0.0639 e. The Balaban J connectivity index is 1.38. The third kappa shape index (κ3) is 3.33. The number of para-hydroxylation sites is 1. The van der Waals surface area contributed by atoms with Crippen LogP contribution in [-0.4, -0.2) is 50.3 Å². The molecule has 1 saturated carbocycles. The van der Waals surface area contributed by atoms with Crippen LogP contribution in [0.25, 0.3) is 0 Å². The molecule has 0 bridgehead atoms. The molecule has 2 aliphatic heterocycles. The van der Waals surface area contributed by atoms with E-state index in [4.69, 9.17) is 4.74 Å². The van der Waals surface area contributed by atoms with Gasteiger partial charge in [-0.25, -0.2) is 0 Å². The molecule has 1 aliphatic carbocycles. The molecular formula is C22H34N2O. The molecule has 2 heterocycles. The molecule has 138 valence electrons. The number of aryl methyl sites for hydroxylation is 1. The van der Waals surface area contributed by atoms with E-state index in [-0.39, 0.29) is 0 Å². The molecule has 2 saturated heterocycles. The van der Waals surface area contributed by atoms with E-state index in [9.17, 15) is 0 Å². The maximum absolute atomic E-state index is 5.89. The first-order valence-electron chi connectivity index (χ1n) is 10.3. The largest absolute Gasteiger partial charge is 0.381 e. The number of nitrogens with zero attached hydrogens (tertiary/aromatic N) is 2. The molecule has 3 heteroatoms. The minimum atomic E-state index is 0.458. The molecule has 0 N–H and O–H groups in total. The highest BCUT2D eigenvalue weighted by atomic mass is 16.5. The predicted octanol–water partition coefficient (Wildman–Crippen LogP) is 4.24. The Morgan fingerprint density at radius 2 is 1.76 bits per heavy atom. The Morgan fingerprint density at radius 3 is 2.52 bits per heavy atom. The van der Waals surface area contributed by atoms with E-state index in [1.807, 2.05) is 7.11 Å². The molecule has 1 aromatic rings. The average Bonchev–Trinajstić information content (AvgIpc) is 3.04. The smallest absolute Gasteiger partial charge is 0.0639 e. The first-order chi connectivity index (χ1) is 12.2. The fourth-order valence-electron chi connectivity index (χ4n) is 5.84. The molecule has 3 nitrogen and oxygen atoms in total. The summed E-state index contributed by atoms with van der Waals surface area (Å²) in [4.78, 5) is 5.43. The van der Waals surface area contributed by atoms with Gasteiger partial charge in [-0.3, -0.25) is 4.90 Å². The Labute approximate surface area is 153 Å². The van der Waals surface area contributed by atoms with Crippen LogP contribution in [0, 0.1) is 12.3 Å². The van der Waals surface area contributed by atoms with Crippen LogP contribution in [0.4, 0.5) is 5.69 Å². The van der Waals surface area contributed by atoms with E-state index >= 15 is 0 Å². The number of benzene rings is 1. The van der Waals surface area contributed by atoms with Crippen molar-refractivity contribution in [2.24, 2.45) is 5.41 Å². The minimum Gasteiger partial charge on any atom is -0.381 e. The standard InChI is InChI=1S/C22H34N2O/c1-18-7-3-4-8-20(18)23-15-10-19(11-16-23)24-14-6-13-22(17-24)12-5-9-21(22)25-2/h3-4,7-8,19,21H,5-6,9-17H2,1-2H3/t21-,22-/m1/s1. The zero-order valence-corrected chi connectivity index (χ0v) is 16.0. The minimum absolute atomic E-state index is 0.458.